The summed E-state index contributed by atoms with van der Waals surface area (Å²) in [6.45, 7) is 10.0. The molecule has 6 heterocycles. The number of aryl methyl sites for hydroxylation is 2. The lowest BCUT2D eigenvalue weighted by Crippen LogP contribution is -2.05. The zero-order valence-corrected chi connectivity index (χ0v) is 24.5. The summed E-state index contributed by atoms with van der Waals surface area (Å²) in [4.78, 5) is 27.9. The molecule has 2 aliphatic heterocycles. The number of nitrogens with zero attached hydrogens (tertiary/aromatic N) is 6. The van der Waals surface area contributed by atoms with Crippen molar-refractivity contribution in [3.63, 3.8) is 0 Å². The average molecular weight is 551 g/mol. The minimum absolute atomic E-state index is 0.132. The molecule has 0 amide bonds. The molecule has 0 fully saturated rings. The van der Waals surface area contributed by atoms with Crippen molar-refractivity contribution < 1.29 is 0 Å². The predicted molar refractivity (Wildman–Crippen MR) is 173 cm³/mol. The van der Waals surface area contributed by atoms with Gasteiger partial charge in [0.2, 0.25) is 0 Å². The molecule has 208 valence electrons. The molecule has 0 saturated carbocycles. The molecule has 0 saturated heterocycles. The number of hydrogen-bond acceptors (Lipinski definition) is 6. The molecule has 0 radical (unpaired) electrons. The van der Waals surface area contributed by atoms with Crippen molar-refractivity contribution in [3.8, 4) is 11.1 Å². The highest BCUT2D eigenvalue weighted by Gasteiger charge is 2.17. The van der Waals surface area contributed by atoms with Crippen LogP contribution in [0.3, 0.4) is 0 Å². The van der Waals surface area contributed by atoms with Gasteiger partial charge < -0.3 is 0 Å². The number of aliphatic imine (C=N–C) groups is 2. The van der Waals surface area contributed by atoms with Crippen LogP contribution in [-0.2, 0) is 0 Å². The van der Waals surface area contributed by atoms with E-state index in [1.165, 1.54) is 11.1 Å². The van der Waals surface area contributed by atoms with Gasteiger partial charge in [0.1, 0.15) is 0 Å². The summed E-state index contributed by atoms with van der Waals surface area (Å²) < 4.78 is 0. The zero-order valence-electron chi connectivity index (χ0n) is 24.5. The molecule has 0 N–H and O–H groups in total. The molecule has 0 bridgehead atoms. The molecule has 4 aromatic heterocycles. The second-order valence-corrected chi connectivity index (χ2v) is 11.0. The summed E-state index contributed by atoms with van der Waals surface area (Å²) in [6, 6.07) is 12.6. The third-order valence-corrected chi connectivity index (χ3v) is 7.99. The molecule has 0 spiro atoms. The van der Waals surface area contributed by atoms with E-state index in [1.807, 2.05) is 43.3 Å². The smallest absolute Gasteiger partial charge is 0.0746 e. The second kappa shape index (κ2) is 12.0. The Morgan fingerprint density at radius 3 is 2.31 bits per heavy atom. The van der Waals surface area contributed by atoms with E-state index in [0.717, 1.165) is 74.6 Å². The normalized spacial score (nSPS) is 15.7. The van der Waals surface area contributed by atoms with Crippen molar-refractivity contribution >= 4 is 29.1 Å². The molecule has 2 aliphatic rings. The Morgan fingerprint density at radius 1 is 0.762 bits per heavy atom. The molecule has 1 unspecified atom stereocenters. The predicted octanol–water partition coefficient (Wildman–Crippen LogP) is 7.50. The lowest BCUT2D eigenvalue weighted by molar-refractivity contribution is 0.849. The zero-order chi connectivity index (χ0) is 29.1. The monoisotopic (exact) mass is 550 g/mol. The van der Waals surface area contributed by atoms with Crippen LogP contribution in [0.25, 0.3) is 27.8 Å². The molecular weight excluding hydrogens is 516 g/mol. The van der Waals surface area contributed by atoms with Gasteiger partial charge in [0.05, 0.1) is 23.6 Å². The van der Waals surface area contributed by atoms with E-state index >= 15 is 0 Å². The number of rotatable bonds is 6. The summed E-state index contributed by atoms with van der Waals surface area (Å²) in [7, 11) is 0. The van der Waals surface area contributed by atoms with Crippen LogP contribution in [0.15, 0.2) is 95.1 Å². The van der Waals surface area contributed by atoms with Gasteiger partial charge in [-0.3, -0.25) is 29.9 Å². The van der Waals surface area contributed by atoms with Gasteiger partial charge in [-0.2, -0.15) is 0 Å². The molecule has 0 aliphatic carbocycles. The Labute approximate surface area is 247 Å². The Hall–Kier alpha value is -4.84. The third-order valence-electron chi connectivity index (χ3n) is 7.99. The second-order valence-electron chi connectivity index (χ2n) is 11.0. The van der Waals surface area contributed by atoms with Crippen LogP contribution in [0.4, 0.5) is 0 Å². The lowest BCUT2D eigenvalue weighted by atomic mass is 9.93. The first-order valence-corrected chi connectivity index (χ1v) is 14.4. The SMILES string of the molecule is CC1=C(c2cnc(C(C)c3ccc(C4=CCCN=C4)nc3)c(C)c2)CN=CC(c2ncc(-c3cccnc3)cc2C)=C1. The van der Waals surface area contributed by atoms with E-state index in [-0.39, 0.29) is 5.92 Å². The number of allylic oxidation sites excluding steroid dienone is 4. The van der Waals surface area contributed by atoms with E-state index in [2.05, 4.69) is 80.2 Å². The summed E-state index contributed by atoms with van der Waals surface area (Å²) in [5, 5.41) is 0. The quantitative estimate of drug-likeness (QED) is 0.249. The minimum Gasteiger partial charge on any atom is -0.292 e. The first-order valence-electron chi connectivity index (χ1n) is 14.4. The van der Waals surface area contributed by atoms with E-state index in [9.17, 15) is 0 Å². The summed E-state index contributed by atoms with van der Waals surface area (Å²) in [5.41, 5.74) is 14.1. The third kappa shape index (κ3) is 5.66. The van der Waals surface area contributed by atoms with Crippen molar-refractivity contribution in [1.82, 2.24) is 19.9 Å². The standard InChI is InChI=1S/C36H34N6/c1-23-13-32(36-25(3)14-30(20-42-36)28-7-5-11-37-16-28)18-39-22-33(23)31-15-24(2)35(41-21-31)26(4)27-9-10-34(40-19-27)29-8-6-12-38-17-29/h5,7-11,13-21,26H,6,12,22H2,1-4H3. The van der Waals surface area contributed by atoms with Crippen LogP contribution in [0.5, 0.6) is 0 Å². The van der Waals surface area contributed by atoms with Gasteiger partial charge in [-0.1, -0.05) is 25.1 Å². The molecular formula is C36H34N6. The maximum atomic E-state index is 4.95. The summed E-state index contributed by atoms with van der Waals surface area (Å²) >= 11 is 0. The molecule has 6 heteroatoms. The van der Waals surface area contributed by atoms with Crippen molar-refractivity contribution in [1.29, 1.82) is 0 Å². The summed E-state index contributed by atoms with van der Waals surface area (Å²) in [5.74, 6) is 0.132. The van der Waals surface area contributed by atoms with Crippen LogP contribution in [0.2, 0.25) is 0 Å². The van der Waals surface area contributed by atoms with Crippen LogP contribution in [0.1, 0.15) is 65.5 Å². The minimum atomic E-state index is 0.132. The molecule has 1 atom stereocenters. The molecule has 6 rings (SSSR count). The van der Waals surface area contributed by atoms with Crippen molar-refractivity contribution in [3.05, 3.63) is 124 Å². The number of aromatic nitrogens is 4. The first kappa shape index (κ1) is 27.3. The Bertz CT molecular complexity index is 1780. The molecule has 0 aromatic carbocycles. The van der Waals surface area contributed by atoms with E-state index in [4.69, 9.17) is 19.9 Å². The van der Waals surface area contributed by atoms with Gasteiger partial charge in [0.15, 0.2) is 0 Å². The average Bonchev–Trinajstić information content (AvgIpc) is 3.22. The van der Waals surface area contributed by atoms with Crippen molar-refractivity contribution in [2.45, 2.75) is 40.0 Å². The molecule has 6 nitrogen and oxygen atoms in total. The first-order chi connectivity index (χ1) is 20.5. The Kier molecular flexibility index (Phi) is 7.78. The highest BCUT2D eigenvalue weighted by atomic mass is 14.8. The van der Waals surface area contributed by atoms with Gasteiger partial charge in [-0.05, 0) is 90.9 Å². The number of pyridine rings is 4. The van der Waals surface area contributed by atoms with E-state index < -0.39 is 0 Å². The highest BCUT2D eigenvalue weighted by molar-refractivity contribution is 6.11. The van der Waals surface area contributed by atoms with Gasteiger partial charge in [0, 0.05) is 78.1 Å². The fourth-order valence-corrected chi connectivity index (χ4v) is 5.61. The number of dihydropyridines is 1. The van der Waals surface area contributed by atoms with Crippen LogP contribution < -0.4 is 0 Å². The maximum absolute atomic E-state index is 4.95. The van der Waals surface area contributed by atoms with Crippen LogP contribution in [-0.4, -0.2) is 45.5 Å². The van der Waals surface area contributed by atoms with Gasteiger partial charge in [-0.15, -0.1) is 0 Å². The summed E-state index contributed by atoms with van der Waals surface area (Å²) in [6.07, 6.45) is 18.7. The van der Waals surface area contributed by atoms with E-state index in [1.54, 1.807) is 6.20 Å². The largest absolute Gasteiger partial charge is 0.292 e. The Balaban J connectivity index is 1.24. The maximum Gasteiger partial charge on any atom is 0.0746 e. The fourth-order valence-electron chi connectivity index (χ4n) is 5.61. The molecule has 4 aromatic rings. The highest BCUT2D eigenvalue weighted by Crippen LogP contribution is 2.31. The van der Waals surface area contributed by atoms with Gasteiger partial charge in [-0.25, -0.2) is 0 Å². The lowest BCUT2D eigenvalue weighted by Gasteiger charge is -2.16. The van der Waals surface area contributed by atoms with Crippen molar-refractivity contribution in [2.24, 2.45) is 9.98 Å². The van der Waals surface area contributed by atoms with Crippen LogP contribution >= 0.6 is 0 Å². The fraction of sp³-hybridized carbons (Fsp3) is 0.222. The number of hydrogen-bond donors (Lipinski definition) is 0. The van der Waals surface area contributed by atoms with E-state index in [0.29, 0.717) is 6.54 Å². The van der Waals surface area contributed by atoms with Gasteiger partial charge >= 0.3 is 0 Å². The Morgan fingerprint density at radius 2 is 1.60 bits per heavy atom. The topological polar surface area (TPSA) is 76.3 Å². The van der Waals surface area contributed by atoms with Crippen molar-refractivity contribution in [2.75, 3.05) is 13.1 Å². The molecule has 42 heavy (non-hydrogen) atoms. The van der Waals surface area contributed by atoms with Crippen LogP contribution in [0, 0.1) is 13.8 Å². The van der Waals surface area contributed by atoms with Gasteiger partial charge in [0.25, 0.3) is 0 Å².